The maximum absolute atomic E-state index is 11.4. The van der Waals surface area contributed by atoms with E-state index in [1.54, 1.807) is 0 Å². The second kappa shape index (κ2) is 4.78. The van der Waals surface area contributed by atoms with Gasteiger partial charge in [-0.25, -0.2) is 18.5 Å². The third-order valence-corrected chi connectivity index (χ3v) is 3.02. The Morgan fingerprint density at radius 1 is 1.33 bits per heavy atom. The second-order valence-corrected chi connectivity index (χ2v) is 5.05. The van der Waals surface area contributed by atoms with Crippen LogP contribution in [-0.2, 0) is 16.6 Å². The van der Waals surface area contributed by atoms with Gasteiger partial charge in [0.15, 0.2) is 5.82 Å². The molecule has 8 nitrogen and oxygen atoms in total. The Balaban J connectivity index is 2.60. The van der Waals surface area contributed by atoms with Crippen LogP contribution in [0.3, 0.4) is 0 Å². The van der Waals surface area contributed by atoms with E-state index >= 15 is 0 Å². The van der Waals surface area contributed by atoms with Gasteiger partial charge in [0, 0.05) is 18.9 Å². The molecular formula is C9H12N6O2S. The standard InChI is InChI=1S/C9H12N6O2S/c1-2-5-15-8(7-6-11-3-4-12-7)13-14-9(15)18(10,16)17/h3-4,6H,2,5H2,1H3,(H2,10,16,17). The number of rotatable bonds is 4. The summed E-state index contributed by atoms with van der Waals surface area (Å²) in [5, 5.41) is 12.3. The lowest BCUT2D eigenvalue weighted by Crippen LogP contribution is -2.19. The SMILES string of the molecule is CCCn1c(-c2cnccn2)nnc1S(N)(=O)=O. The van der Waals surface area contributed by atoms with Gasteiger partial charge in [0.25, 0.3) is 15.2 Å². The van der Waals surface area contributed by atoms with Gasteiger partial charge >= 0.3 is 0 Å². The van der Waals surface area contributed by atoms with Crippen LogP contribution < -0.4 is 5.14 Å². The molecule has 0 aliphatic rings. The molecule has 2 N–H and O–H groups in total. The van der Waals surface area contributed by atoms with Gasteiger partial charge in [-0.05, 0) is 6.42 Å². The molecule has 18 heavy (non-hydrogen) atoms. The normalized spacial score (nSPS) is 11.7. The van der Waals surface area contributed by atoms with Crippen LogP contribution in [0, 0.1) is 0 Å². The fraction of sp³-hybridized carbons (Fsp3) is 0.333. The molecule has 0 spiro atoms. The fourth-order valence-electron chi connectivity index (χ4n) is 1.53. The Morgan fingerprint density at radius 3 is 2.67 bits per heavy atom. The molecule has 0 atom stereocenters. The van der Waals surface area contributed by atoms with E-state index in [1.165, 1.54) is 23.2 Å². The zero-order chi connectivity index (χ0) is 13.2. The number of hydrogen-bond donors (Lipinski definition) is 1. The van der Waals surface area contributed by atoms with Crippen LogP contribution in [0.4, 0.5) is 0 Å². The number of sulfonamides is 1. The number of hydrogen-bond acceptors (Lipinski definition) is 6. The van der Waals surface area contributed by atoms with Gasteiger partial charge in [0.2, 0.25) is 0 Å². The summed E-state index contributed by atoms with van der Waals surface area (Å²) in [6.45, 7) is 2.35. The lowest BCUT2D eigenvalue weighted by molar-refractivity contribution is 0.559. The van der Waals surface area contributed by atoms with Gasteiger partial charge in [0.05, 0.1) is 6.20 Å². The van der Waals surface area contributed by atoms with E-state index in [2.05, 4.69) is 20.2 Å². The number of primary sulfonamides is 1. The van der Waals surface area contributed by atoms with Crippen molar-refractivity contribution in [2.45, 2.75) is 25.0 Å². The van der Waals surface area contributed by atoms with E-state index < -0.39 is 10.0 Å². The van der Waals surface area contributed by atoms with Gasteiger partial charge in [-0.2, -0.15) is 0 Å². The van der Waals surface area contributed by atoms with Crippen molar-refractivity contribution in [3.63, 3.8) is 0 Å². The molecular weight excluding hydrogens is 256 g/mol. The van der Waals surface area contributed by atoms with Crippen LogP contribution >= 0.6 is 0 Å². The minimum Gasteiger partial charge on any atom is -0.295 e. The molecule has 0 fully saturated rings. The topological polar surface area (TPSA) is 117 Å². The average Bonchev–Trinajstić information content (AvgIpc) is 2.74. The van der Waals surface area contributed by atoms with Crippen LogP contribution in [0.1, 0.15) is 13.3 Å². The summed E-state index contributed by atoms with van der Waals surface area (Å²) in [7, 11) is -3.90. The van der Waals surface area contributed by atoms with Crippen molar-refractivity contribution >= 4 is 10.0 Å². The summed E-state index contributed by atoms with van der Waals surface area (Å²) < 4.78 is 24.2. The predicted molar refractivity (Wildman–Crippen MR) is 62.7 cm³/mol. The van der Waals surface area contributed by atoms with Crippen molar-refractivity contribution in [3.8, 4) is 11.5 Å². The van der Waals surface area contributed by atoms with Crippen molar-refractivity contribution in [2.24, 2.45) is 5.14 Å². The molecule has 0 bridgehead atoms. The van der Waals surface area contributed by atoms with Gasteiger partial charge in [-0.15, -0.1) is 10.2 Å². The monoisotopic (exact) mass is 268 g/mol. The molecule has 0 aliphatic carbocycles. The van der Waals surface area contributed by atoms with Gasteiger partial charge in [-0.1, -0.05) is 6.92 Å². The molecule has 0 unspecified atom stereocenters. The zero-order valence-corrected chi connectivity index (χ0v) is 10.5. The first-order chi connectivity index (χ1) is 8.54. The molecule has 0 amide bonds. The van der Waals surface area contributed by atoms with Gasteiger partial charge < -0.3 is 0 Å². The summed E-state index contributed by atoms with van der Waals surface area (Å²) in [5.41, 5.74) is 0.452. The van der Waals surface area contributed by atoms with Crippen molar-refractivity contribution in [1.29, 1.82) is 0 Å². The van der Waals surface area contributed by atoms with E-state index in [9.17, 15) is 8.42 Å². The molecule has 96 valence electrons. The van der Waals surface area contributed by atoms with Gasteiger partial charge in [0.1, 0.15) is 5.69 Å². The molecule has 2 aromatic rings. The molecule has 0 saturated carbocycles. The quantitative estimate of drug-likeness (QED) is 0.820. The van der Waals surface area contributed by atoms with Crippen molar-refractivity contribution in [3.05, 3.63) is 18.6 Å². The molecule has 2 aromatic heterocycles. The van der Waals surface area contributed by atoms with Crippen molar-refractivity contribution < 1.29 is 8.42 Å². The smallest absolute Gasteiger partial charge is 0.273 e. The van der Waals surface area contributed by atoms with E-state index in [-0.39, 0.29) is 5.16 Å². The lowest BCUT2D eigenvalue weighted by Gasteiger charge is -2.06. The zero-order valence-electron chi connectivity index (χ0n) is 9.68. The summed E-state index contributed by atoms with van der Waals surface area (Å²) in [6.07, 6.45) is 5.22. The Morgan fingerprint density at radius 2 is 2.11 bits per heavy atom. The molecule has 2 heterocycles. The predicted octanol–water partition coefficient (Wildman–Crippen LogP) is -0.207. The third-order valence-electron chi connectivity index (χ3n) is 2.21. The van der Waals surface area contributed by atoms with Crippen LogP contribution in [0.25, 0.3) is 11.5 Å². The molecule has 0 radical (unpaired) electrons. The molecule has 0 aromatic carbocycles. The first-order valence-electron chi connectivity index (χ1n) is 5.26. The lowest BCUT2D eigenvalue weighted by atomic mass is 10.4. The van der Waals surface area contributed by atoms with Crippen LogP contribution in [-0.4, -0.2) is 33.2 Å². The Hall–Kier alpha value is -1.87. The molecule has 2 rings (SSSR count). The highest BCUT2D eigenvalue weighted by molar-refractivity contribution is 7.89. The van der Waals surface area contributed by atoms with E-state index in [0.29, 0.717) is 24.5 Å². The highest BCUT2D eigenvalue weighted by Gasteiger charge is 2.21. The third kappa shape index (κ3) is 2.36. The summed E-state index contributed by atoms with van der Waals surface area (Å²) >= 11 is 0. The minimum absolute atomic E-state index is 0.259. The maximum Gasteiger partial charge on any atom is 0.273 e. The molecule has 9 heteroatoms. The first-order valence-corrected chi connectivity index (χ1v) is 6.81. The van der Waals surface area contributed by atoms with E-state index in [0.717, 1.165) is 0 Å². The van der Waals surface area contributed by atoms with Crippen LogP contribution in [0.5, 0.6) is 0 Å². The summed E-state index contributed by atoms with van der Waals surface area (Å²) in [6, 6.07) is 0. The number of aromatic nitrogens is 5. The van der Waals surface area contributed by atoms with E-state index in [4.69, 9.17) is 5.14 Å². The highest BCUT2D eigenvalue weighted by atomic mass is 32.2. The maximum atomic E-state index is 11.4. The largest absolute Gasteiger partial charge is 0.295 e. The Bertz CT molecular complexity index is 636. The van der Waals surface area contributed by atoms with Crippen molar-refractivity contribution in [2.75, 3.05) is 0 Å². The number of nitrogens with zero attached hydrogens (tertiary/aromatic N) is 5. The summed E-state index contributed by atoms with van der Waals surface area (Å²) in [5.74, 6) is 0.342. The highest BCUT2D eigenvalue weighted by Crippen LogP contribution is 2.17. The fourth-order valence-corrected chi connectivity index (χ4v) is 2.17. The van der Waals surface area contributed by atoms with Crippen molar-refractivity contribution in [1.82, 2.24) is 24.7 Å². The Labute approximate surface area is 104 Å². The second-order valence-electron chi connectivity index (χ2n) is 3.59. The number of nitrogens with two attached hydrogens (primary N) is 1. The van der Waals surface area contributed by atoms with E-state index in [1.807, 2.05) is 6.92 Å². The average molecular weight is 268 g/mol. The summed E-state index contributed by atoms with van der Waals surface area (Å²) in [4.78, 5) is 7.98. The van der Waals surface area contributed by atoms with Gasteiger partial charge in [-0.3, -0.25) is 9.55 Å². The van der Waals surface area contributed by atoms with Crippen LogP contribution in [0.2, 0.25) is 0 Å². The molecule has 0 saturated heterocycles. The van der Waals surface area contributed by atoms with Crippen LogP contribution in [0.15, 0.2) is 23.7 Å². The Kier molecular flexibility index (Phi) is 3.34. The molecule has 0 aliphatic heterocycles. The minimum atomic E-state index is -3.90. The first kappa shape index (κ1) is 12.6.